The zero-order valence-electron chi connectivity index (χ0n) is 13.7. The van der Waals surface area contributed by atoms with Crippen molar-refractivity contribution in [3.05, 3.63) is 52.7 Å². The maximum Gasteiger partial charge on any atom is 0.292 e. The predicted octanol–water partition coefficient (Wildman–Crippen LogP) is 3.09. The van der Waals surface area contributed by atoms with Crippen molar-refractivity contribution in [2.24, 2.45) is 0 Å². The highest BCUT2D eigenvalue weighted by Gasteiger charge is 2.40. The highest BCUT2D eigenvalue weighted by atomic mass is 19.1. The Morgan fingerprint density at radius 3 is 2.84 bits per heavy atom. The van der Waals surface area contributed by atoms with Gasteiger partial charge in [0.05, 0.1) is 17.8 Å². The van der Waals surface area contributed by atoms with Crippen LogP contribution in [0.5, 0.6) is 0 Å². The third kappa shape index (κ3) is 2.93. The summed E-state index contributed by atoms with van der Waals surface area (Å²) in [5.74, 6) is -0.724. The molecule has 25 heavy (non-hydrogen) atoms. The number of aliphatic hydroxyl groups is 1. The van der Waals surface area contributed by atoms with E-state index in [0.29, 0.717) is 11.6 Å². The van der Waals surface area contributed by atoms with Gasteiger partial charge in [-0.3, -0.25) is 4.79 Å². The van der Waals surface area contributed by atoms with Crippen LogP contribution in [0.15, 0.2) is 22.6 Å². The lowest BCUT2D eigenvalue weighted by Gasteiger charge is -2.24. The second kappa shape index (κ2) is 5.91. The Morgan fingerprint density at radius 2 is 2.12 bits per heavy atom. The molecule has 1 saturated carbocycles. The van der Waals surface area contributed by atoms with Crippen LogP contribution in [0.25, 0.3) is 0 Å². The van der Waals surface area contributed by atoms with Gasteiger partial charge in [-0.25, -0.2) is 13.8 Å². The number of aliphatic hydroxyl groups excluding tert-OH is 1. The summed E-state index contributed by atoms with van der Waals surface area (Å²) in [6.07, 6.45) is 1.33. The minimum Gasteiger partial charge on any atom is -0.435 e. The molecule has 0 spiro atoms. The zero-order chi connectivity index (χ0) is 17.7. The van der Waals surface area contributed by atoms with Gasteiger partial charge in [-0.1, -0.05) is 0 Å². The highest BCUT2D eigenvalue weighted by molar-refractivity contribution is 5.93. The first kappa shape index (κ1) is 16.2. The SMILES string of the molecule is Cc1nc(C2CC2)oc1C(=O)N1C[C@@H](O)C[C@H]1c1cc(F)ccc1F. The number of benzene rings is 1. The van der Waals surface area contributed by atoms with Crippen molar-refractivity contribution < 1.29 is 23.1 Å². The van der Waals surface area contributed by atoms with E-state index < -0.39 is 29.7 Å². The lowest BCUT2D eigenvalue weighted by atomic mass is 10.0. The molecule has 2 fully saturated rings. The van der Waals surface area contributed by atoms with Crippen molar-refractivity contribution in [1.29, 1.82) is 0 Å². The van der Waals surface area contributed by atoms with Crippen LogP contribution in [-0.2, 0) is 0 Å². The molecule has 132 valence electrons. The summed E-state index contributed by atoms with van der Waals surface area (Å²) in [7, 11) is 0. The lowest BCUT2D eigenvalue weighted by Crippen LogP contribution is -2.32. The van der Waals surface area contributed by atoms with E-state index in [1.807, 2.05) is 0 Å². The number of likely N-dealkylation sites (tertiary alicyclic amines) is 1. The molecule has 2 heterocycles. The van der Waals surface area contributed by atoms with Crippen molar-refractivity contribution >= 4 is 5.91 Å². The molecule has 2 atom stereocenters. The topological polar surface area (TPSA) is 66.6 Å². The predicted molar refractivity (Wildman–Crippen MR) is 84.0 cm³/mol. The monoisotopic (exact) mass is 348 g/mol. The molecule has 0 bridgehead atoms. The van der Waals surface area contributed by atoms with E-state index in [1.54, 1.807) is 6.92 Å². The summed E-state index contributed by atoms with van der Waals surface area (Å²) >= 11 is 0. The third-order valence-electron chi connectivity index (χ3n) is 4.79. The molecule has 5 nitrogen and oxygen atoms in total. The van der Waals surface area contributed by atoms with Crippen LogP contribution >= 0.6 is 0 Å². The molecule has 4 rings (SSSR count). The van der Waals surface area contributed by atoms with E-state index in [9.17, 15) is 18.7 Å². The molecule has 2 aliphatic rings. The van der Waals surface area contributed by atoms with Gasteiger partial charge in [0.1, 0.15) is 11.6 Å². The van der Waals surface area contributed by atoms with Gasteiger partial charge in [0.15, 0.2) is 5.89 Å². The van der Waals surface area contributed by atoms with E-state index in [-0.39, 0.29) is 30.2 Å². The van der Waals surface area contributed by atoms with Crippen molar-refractivity contribution in [3.8, 4) is 0 Å². The Kier molecular flexibility index (Phi) is 3.83. The fourth-order valence-corrected chi connectivity index (χ4v) is 3.35. The molecule has 1 aromatic carbocycles. The van der Waals surface area contributed by atoms with E-state index >= 15 is 0 Å². The van der Waals surface area contributed by atoms with Crippen molar-refractivity contribution in [1.82, 2.24) is 9.88 Å². The molecule has 1 aliphatic carbocycles. The fourth-order valence-electron chi connectivity index (χ4n) is 3.35. The first-order valence-corrected chi connectivity index (χ1v) is 8.35. The number of oxazole rings is 1. The number of β-amino-alcohol motifs (C(OH)–C–C–N with tert-alkyl or cyclic N) is 1. The van der Waals surface area contributed by atoms with Crippen molar-refractivity contribution in [2.45, 2.75) is 44.2 Å². The van der Waals surface area contributed by atoms with Gasteiger partial charge in [-0.15, -0.1) is 0 Å². The number of carbonyl (C=O) groups is 1. The zero-order valence-corrected chi connectivity index (χ0v) is 13.7. The molecule has 0 unspecified atom stereocenters. The minimum atomic E-state index is -0.803. The van der Waals surface area contributed by atoms with E-state index in [0.717, 1.165) is 31.0 Å². The standard InChI is InChI=1S/C18H18F2N2O3/c1-9-16(25-17(21-9)10-2-3-10)18(24)22-8-12(23)7-15(22)13-6-11(19)4-5-14(13)20/h4-6,10,12,15,23H,2-3,7-8H2,1H3/t12-,15-/m0/s1. The maximum absolute atomic E-state index is 14.2. The van der Waals surface area contributed by atoms with Crippen LogP contribution in [-0.4, -0.2) is 33.5 Å². The number of hydrogen-bond donors (Lipinski definition) is 1. The molecule has 7 heteroatoms. The number of aryl methyl sites for hydroxylation is 1. The normalized spacial score (nSPS) is 23.3. The first-order chi connectivity index (χ1) is 11.9. The Balaban J connectivity index is 1.67. The van der Waals surface area contributed by atoms with Crippen LogP contribution in [0.1, 0.15) is 58.9 Å². The molecule has 2 aromatic rings. The number of hydrogen-bond acceptors (Lipinski definition) is 4. The number of rotatable bonds is 3. The second-order valence-corrected chi connectivity index (χ2v) is 6.77. The summed E-state index contributed by atoms with van der Waals surface area (Å²) < 4.78 is 33.3. The van der Waals surface area contributed by atoms with Crippen LogP contribution in [0, 0.1) is 18.6 Å². The summed E-state index contributed by atoms with van der Waals surface area (Å²) in [5, 5.41) is 10.0. The smallest absolute Gasteiger partial charge is 0.292 e. The number of aromatic nitrogens is 1. The van der Waals surface area contributed by atoms with Crippen LogP contribution < -0.4 is 0 Å². The molecule has 1 amide bonds. The van der Waals surface area contributed by atoms with E-state index in [2.05, 4.69) is 4.98 Å². The first-order valence-electron chi connectivity index (χ1n) is 8.35. The largest absolute Gasteiger partial charge is 0.435 e. The van der Waals surface area contributed by atoms with Gasteiger partial charge in [-0.05, 0) is 44.4 Å². The van der Waals surface area contributed by atoms with Gasteiger partial charge < -0.3 is 14.4 Å². The number of carbonyl (C=O) groups excluding carboxylic acids is 1. The molecule has 1 aromatic heterocycles. The quantitative estimate of drug-likeness (QED) is 0.926. The van der Waals surface area contributed by atoms with Crippen LogP contribution in [0.4, 0.5) is 8.78 Å². The number of nitrogens with zero attached hydrogens (tertiary/aromatic N) is 2. The average molecular weight is 348 g/mol. The Morgan fingerprint density at radius 1 is 1.36 bits per heavy atom. The van der Waals surface area contributed by atoms with E-state index in [1.165, 1.54) is 4.90 Å². The maximum atomic E-state index is 14.2. The lowest BCUT2D eigenvalue weighted by molar-refractivity contribution is 0.0678. The van der Waals surface area contributed by atoms with Gasteiger partial charge in [0.2, 0.25) is 5.76 Å². The van der Waals surface area contributed by atoms with Gasteiger partial charge in [0, 0.05) is 18.0 Å². The summed E-state index contributed by atoms with van der Waals surface area (Å²) in [6.45, 7) is 1.73. The van der Waals surface area contributed by atoms with Gasteiger partial charge in [-0.2, -0.15) is 0 Å². The number of halogens is 2. The Bertz CT molecular complexity index is 832. The third-order valence-corrected chi connectivity index (χ3v) is 4.79. The average Bonchev–Trinajstić information content (AvgIpc) is 3.25. The fraction of sp³-hybridized carbons (Fsp3) is 0.444. The molecule has 1 N–H and O–H groups in total. The second-order valence-electron chi connectivity index (χ2n) is 6.77. The molecule has 1 aliphatic heterocycles. The molecule has 1 saturated heterocycles. The summed E-state index contributed by atoms with van der Waals surface area (Å²) in [6, 6.07) is 2.38. The Hall–Kier alpha value is -2.28. The van der Waals surface area contributed by atoms with E-state index in [4.69, 9.17) is 4.42 Å². The Labute approximate surface area is 143 Å². The van der Waals surface area contributed by atoms with Crippen molar-refractivity contribution in [2.75, 3.05) is 6.54 Å². The minimum absolute atomic E-state index is 0.0400. The summed E-state index contributed by atoms with van der Waals surface area (Å²) in [5.41, 5.74) is 0.538. The molecule has 0 radical (unpaired) electrons. The molecular weight excluding hydrogens is 330 g/mol. The van der Waals surface area contributed by atoms with Crippen LogP contribution in [0.2, 0.25) is 0 Å². The van der Waals surface area contributed by atoms with Crippen molar-refractivity contribution in [3.63, 3.8) is 0 Å². The van der Waals surface area contributed by atoms with Gasteiger partial charge in [0.25, 0.3) is 5.91 Å². The highest BCUT2D eigenvalue weighted by Crippen LogP contribution is 2.41. The van der Waals surface area contributed by atoms with Gasteiger partial charge >= 0.3 is 0 Å². The molecular formula is C18H18F2N2O3. The van der Waals surface area contributed by atoms with Crippen LogP contribution in [0.3, 0.4) is 0 Å². The number of amides is 1. The summed E-state index contributed by atoms with van der Waals surface area (Å²) in [4.78, 5) is 18.6.